The summed E-state index contributed by atoms with van der Waals surface area (Å²) < 4.78 is 23.7. The Morgan fingerprint density at radius 3 is 2.34 bits per heavy atom. The van der Waals surface area contributed by atoms with Crippen molar-refractivity contribution in [1.82, 2.24) is 0 Å². The van der Waals surface area contributed by atoms with Gasteiger partial charge in [0.05, 0.1) is 29.2 Å². The Morgan fingerprint density at radius 1 is 0.979 bits per heavy atom. The molecule has 1 aliphatic rings. The smallest absolute Gasteiger partial charge is 0.308 e. The number of nitrogens with two attached hydrogens (primary N) is 1. The highest BCUT2D eigenvalue weighted by molar-refractivity contribution is 6.32. The van der Waals surface area contributed by atoms with Gasteiger partial charge in [-0.2, -0.15) is 5.26 Å². The first-order valence-electron chi connectivity index (χ1n) is 14.7. The maximum atomic E-state index is 9.77. The summed E-state index contributed by atoms with van der Waals surface area (Å²) in [7, 11) is 0. The minimum atomic E-state index is -0.956. The van der Waals surface area contributed by atoms with Crippen LogP contribution >= 0.6 is 11.6 Å². The second-order valence-corrected chi connectivity index (χ2v) is 10.8. The molecule has 10 heteroatoms. The number of halogens is 1. The third-order valence-corrected chi connectivity index (χ3v) is 7.46. The van der Waals surface area contributed by atoms with Crippen LogP contribution < -0.4 is 24.7 Å². The van der Waals surface area contributed by atoms with Crippen LogP contribution in [0.2, 0.25) is 5.02 Å². The molecule has 244 valence electrons. The molecule has 0 aliphatic carbocycles. The van der Waals surface area contributed by atoms with E-state index in [1.54, 1.807) is 24.3 Å². The van der Waals surface area contributed by atoms with Crippen LogP contribution in [0.5, 0.6) is 23.0 Å². The van der Waals surface area contributed by atoms with Gasteiger partial charge in [-0.05, 0) is 72.0 Å². The van der Waals surface area contributed by atoms with Gasteiger partial charge in [-0.3, -0.25) is 4.79 Å². The van der Waals surface area contributed by atoms with Crippen LogP contribution in [-0.4, -0.2) is 36.0 Å². The topological polar surface area (TPSA) is 144 Å². The van der Waals surface area contributed by atoms with Gasteiger partial charge in [0.25, 0.3) is 0 Å². The molecule has 4 N–H and O–H groups in total. The van der Waals surface area contributed by atoms with E-state index in [0.717, 1.165) is 44.9 Å². The maximum Gasteiger partial charge on any atom is 0.308 e. The molecule has 0 aromatic heterocycles. The number of nitrogens with zero attached hydrogens (tertiary/aromatic N) is 1. The van der Waals surface area contributed by atoms with E-state index in [1.807, 2.05) is 42.5 Å². The number of carboxylic acid groups (broad SMARTS) is 1. The lowest BCUT2D eigenvalue weighted by molar-refractivity contribution is -0.142. The van der Waals surface area contributed by atoms with Crippen molar-refractivity contribution in [2.45, 2.75) is 33.6 Å². The number of hydrogen-bond acceptors (Lipinski definition) is 8. The summed E-state index contributed by atoms with van der Waals surface area (Å²) in [5.41, 5.74) is 12.5. The standard InChI is InChI=1S/C31H27ClN2O4.C4H8O3.C2H2/c1-20-24(6-3-7-26(20)23-8-9-28-31(14-23)36-11-10-35-28)19-38-30-15-29(25(17-34)13-27(30)32)37-18-22-5-2-4-21(12-22)16-33;1-3(2-5)4(6)7;1-2/h2-9,12-15H,10-11,17-19,34H2,1H3;3,5H,2H2,1H3,(H,6,7);1-2H/t;3-;/m.0./s1. The fourth-order valence-electron chi connectivity index (χ4n) is 4.47. The lowest BCUT2D eigenvalue weighted by Crippen LogP contribution is -2.15. The van der Waals surface area contributed by atoms with Crippen LogP contribution in [0.4, 0.5) is 0 Å². The summed E-state index contributed by atoms with van der Waals surface area (Å²) in [6.45, 7) is 5.24. The van der Waals surface area contributed by atoms with Crippen LogP contribution in [0.15, 0.2) is 72.8 Å². The molecule has 4 aromatic rings. The minimum absolute atomic E-state index is 0.268. The van der Waals surface area contributed by atoms with E-state index in [4.69, 9.17) is 51.8 Å². The van der Waals surface area contributed by atoms with Crippen LogP contribution in [-0.2, 0) is 24.6 Å². The van der Waals surface area contributed by atoms with Crippen molar-refractivity contribution in [3.8, 4) is 53.0 Å². The first-order chi connectivity index (χ1) is 22.7. The third kappa shape index (κ3) is 9.90. The largest absolute Gasteiger partial charge is 0.488 e. The van der Waals surface area contributed by atoms with Gasteiger partial charge in [-0.15, -0.1) is 12.8 Å². The SMILES string of the molecule is C#C.C[C@@H](CO)C(=O)O.Cc1c(COc2cc(OCc3cccc(C#N)c3)c(CN)cc2Cl)cccc1-c1ccc2c(c1)OCCO2. The summed E-state index contributed by atoms with van der Waals surface area (Å²) in [6, 6.07) is 25.1. The number of rotatable bonds is 10. The van der Waals surface area contributed by atoms with E-state index in [9.17, 15) is 4.79 Å². The number of carboxylic acids is 1. The van der Waals surface area contributed by atoms with Gasteiger partial charge in [0.1, 0.15) is 37.9 Å². The van der Waals surface area contributed by atoms with E-state index in [1.165, 1.54) is 6.92 Å². The highest BCUT2D eigenvalue weighted by atomic mass is 35.5. The normalized spacial score (nSPS) is 11.8. The molecule has 0 unspecified atom stereocenters. The molecule has 0 spiro atoms. The van der Waals surface area contributed by atoms with Crippen molar-refractivity contribution < 1.29 is 34.0 Å². The van der Waals surface area contributed by atoms with Gasteiger partial charge in [-0.1, -0.05) is 48.0 Å². The Bertz CT molecular complexity index is 1730. The predicted molar refractivity (Wildman–Crippen MR) is 181 cm³/mol. The average molecular weight is 657 g/mol. The zero-order valence-corrected chi connectivity index (χ0v) is 27.0. The van der Waals surface area contributed by atoms with Crippen molar-refractivity contribution in [1.29, 1.82) is 5.26 Å². The fraction of sp³-hybridized carbons (Fsp3) is 0.243. The summed E-state index contributed by atoms with van der Waals surface area (Å²) in [5.74, 6) is 1.05. The van der Waals surface area contributed by atoms with Crippen molar-refractivity contribution in [2.24, 2.45) is 11.7 Å². The molecule has 1 atom stereocenters. The van der Waals surface area contributed by atoms with Crippen LogP contribution in [0, 0.1) is 37.0 Å². The molecule has 47 heavy (non-hydrogen) atoms. The summed E-state index contributed by atoms with van der Waals surface area (Å²) >= 11 is 6.54. The molecule has 9 nitrogen and oxygen atoms in total. The van der Waals surface area contributed by atoms with Gasteiger partial charge < -0.3 is 34.9 Å². The zero-order chi connectivity index (χ0) is 34.3. The number of aliphatic carboxylic acids is 1. The quantitative estimate of drug-likeness (QED) is 0.162. The Labute approximate surface area is 280 Å². The molecule has 5 rings (SSSR count). The summed E-state index contributed by atoms with van der Waals surface area (Å²) in [5, 5.41) is 25.8. The number of benzene rings is 4. The van der Waals surface area contributed by atoms with Gasteiger partial charge in [0.15, 0.2) is 11.5 Å². The second kappa shape index (κ2) is 18.1. The maximum absolute atomic E-state index is 9.77. The first kappa shape index (κ1) is 36.3. The highest BCUT2D eigenvalue weighted by Gasteiger charge is 2.16. The molecule has 0 saturated heterocycles. The second-order valence-electron chi connectivity index (χ2n) is 10.4. The Morgan fingerprint density at radius 2 is 1.68 bits per heavy atom. The molecular weight excluding hydrogens is 620 g/mol. The van der Waals surface area contributed by atoms with Gasteiger partial charge in [0, 0.05) is 18.2 Å². The van der Waals surface area contributed by atoms with Crippen molar-refractivity contribution in [2.75, 3.05) is 19.8 Å². The Balaban J connectivity index is 0.000000593. The fourth-order valence-corrected chi connectivity index (χ4v) is 4.71. The van der Waals surface area contributed by atoms with Crippen molar-refractivity contribution >= 4 is 17.6 Å². The molecule has 0 fully saturated rings. The molecule has 0 saturated carbocycles. The zero-order valence-electron chi connectivity index (χ0n) is 26.2. The summed E-state index contributed by atoms with van der Waals surface area (Å²) in [4.78, 5) is 9.77. The molecule has 1 heterocycles. The number of hydrogen-bond donors (Lipinski definition) is 3. The lowest BCUT2D eigenvalue weighted by Gasteiger charge is -2.20. The summed E-state index contributed by atoms with van der Waals surface area (Å²) in [6.07, 6.45) is 8.00. The molecule has 4 aromatic carbocycles. The first-order valence-corrected chi connectivity index (χ1v) is 15.0. The van der Waals surface area contributed by atoms with Crippen LogP contribution in [0.3, 0.4) is 0 Å². The van der Waals surface area contributed by atoms with E-state index >= 15 is 0 Å². The van der Waals surface area contributed by atoms with E-state index in [-0.39, 0.29) is 13.2 Å². The van der Waals surface area contributed by atoms with Gasteiger partial charge >= 0.3 is 5.97 Å². The predicted octanol–water partition coefficient (Wildman–Crippen LogP) is 6.52. The van der Waals surface area contributed by atoms with Crippen LogP contribution in [0.1, 0.15) is 34.7 Å². The molecule has 1 aliphatic heterocycles. The Kier molecular flexibility index (Phi) is 14.0. The third-order valence-electron chi connectivity index (χ3n) is 7.16. The number of carbonyl (C=O) groups is 1. The van der Waals surface area contributed by atoms with E-state index < -0.39 is 11.9 Å². The van der Waals surface area contributed by atoms with Crippen molar-refractivity contribution in [3.63, 3.8) is 0 Å². The molecule has 0 bridgehead atoms. The average Bonchev–Trinajstić information content (AvgIpc) is 3.11. The number of nitriles is 1. The molecular formula is C37H37ClN2O7. The molecule has 0 amide bonds. The van der Waals surface area contributed by atoms with Crippen LogP contribution in [0.25, 0.3) is 11.1 Å². The van der Waals surface area contributed by atoms with E-state index in [2.05, 4.69) is 31.9 Å². The highest BCUT2D eigenvalue weighted by Crippen LogP contribution is 2.37. The number of terminal acetylenes is 1. The lowest BCUT2D eigenvalue weighted by atomic mass is 9.96. The minimum Gasteiger partial charge on any atom is -0.488 e. The van der Waals surface area contributed by atoms with Gasteiger partial charge in [-0.25, -0.2) is 0 Å². The number of aliphatic hydroxyl groups is 1. The van der Waals surface area contributed by atoms with E-state index in [0.29, 0.717) is 48.5 Å². The molecule has 0 radical (unpaired) electrons. The Hall–Kier alpha value is -5.19. The van der Waals surface area contributed by atoms with Crippen molar-refractivity contribution in [3.05, 3.63) is 106 Å². The number of ether oxygens (including phenoxy) is 4. The monoisotopic (exact) mass is 656 g/mol. The number of fused-ring (bicyclic) bond motifs is 1. The van der Waals surface area contributed by atoms with Gasteiger partial charge in [0.2, 0.25) is 0 Å². The number of aliphatic hydroxyl groups excluding tert-OH is 1.